The third-order valence-corrected chi connectivity index (χ3v) is 0.612. The Morgan fingerprint density at radius 3 is 1.33 bits per heavy atom. The second-order valence-electron chi connectivity index (χ2n) is 2.76. The van der Waals surface area contributed by atoms with E-state index in [9.17, 15) is 0 Å². The molecule has 0 aromatic rings. The van der Waals surface area contributed by atoms with Crippen molar-refractivity contribution in [3.8, 4) is 0 Å². The van der Waals surface area contributed by atoms with Crippen LogP contribution in [0.3, 0.4) is 0 Å². The van der Waals surface area contributed by atoms with Crippen molar-refractivity contribution in [3.63, 3.8) is 0 Å². The van der Waals surface area contributed by atoms with Gasteiger partial charge >= 0.3 is 40.0 Å². The molecule has 0 amide bonds. The largest absolute Gasteiger partial charge is 1.00 e. The molecule has 0 aliphatic rings. The van der Waals surface area contributed by atoms with Gasteiger partial charge in [-0.2, -0.15) is 8.42 Å². The third-order valence-electron chi connectivity index (χ3n) is 0.612. The molecule has 0 aromatic carbocycles. The van der Waals surface area contributed by atoms with Gasteiger partial charge in [0.2, 0.25) is 0 Å². The molecule has 0 atom stereocenters. The Morgan fingerprint density at radius 1 is 1.25 bits per heavy atom. The van der Waals surface area contributed by atoms with Crippen molar-refractivity contribution in [1.29, 1.82) is 0 Å². The number of rotatable bonds is 0. The predicted molar refractivity (Wildman–Crippen MR) is 42.1 cm³/mol. The number of hydrogen-bond donors (Lipinski definition) is 2. The van der Waals surface area contributed by atoms with Gasteiger partial charge in [-0.05, 0) is 20.8 Å². The molecule has 0 fully saturated rings. The molecular formula is C5H15NaO5S. The average Bonchev–Trinajstić information content (AvgIpc) is 1.59. The van der Waals surface area contributed by atoms with Gasteiger partial charge in [-0.25, -0.2) is 0 Å². The Bertz CT molecular complexity index is 178. The zero-order valence-corrected chi connectivity index (χ0v) is 10.8. The maximum absolute atomic E-state index is 8.74. The average molecular weight is 210 g/mol. The van der Waals surface area contributed by atoms with Crippen molar-refractivity contribution in [2.24, 2.45) is 0 Å². The van der Waals surface area contributed by atoms with Gasteiger partial charge in [-0.1, -0.05) is 0 Å². The molecule has 0 heterocycles. The molecule has 0 saturated heterocycles. The summed E-state index contributed by atoms with van der Waals surface area (Å²) in [6.45, 7) is 6.06. The maximum atomic E-state index is 8.74. The molecule has 2 N–H and O–H groups in total. The summed E-state index contributed by atoms with van der Waals surface area (Å²) in [4.78, 5) is 0. The fraction of sp³-hybridized carbons (Fsp3) is 1.00. The Morgan fingerprint density at radius 2 is 1.33 bits per heavy atom. The minimum Gasteiger partial charge on any atom is -1.00 e. The quantitative estimate of drug-likeness (QED) is 0.353. The number of ether oxygens (including phenoxy) is 1. The van der Waals surface area contributed by atoms with Crippen molar-refractivity contribution in [2.45, 2.75) is 26.4 Å². The Kier molecular flexibility index (Phi) is 11.2. The fourth-order valence-electron chi connectivity index (χ4n) is 0. The Hall–Kier alpha value is 0.830. The first kappa shape index (κ1) is 18.6. The number of methoxy groups -OCH3 is 1. The van der Waals surface area contributed by atoms with Crippen LogP contribution in [-0.4, -0.2) is 30.2 Å². The molecule has 0 unspecified atom stereocenters. The van der Waals surface area contributed by atoms with E-state index in [2.05, 4.69) is 0 Å². The van der Waals surface area contributed by atoms with Crippen molar-refractivity contribution in [2.75, 3.05) is 7.11 Å². The fourth-order valence-corrected chi connectivity index (χ4v) is 0. The molecule has 0 aliphatic carbocycles. The molecule has 0 bridgehead atoms. The summed E-state index contributed by atoms with van der Waals surface area (Å²) < 4.78 is 36.5. The van der Waals surface area contributed by atoms with Gasteiger partial charge in [-0.15, -0.1) is 0 Å². The van der Waals surface area contributed by atoms with Gasteiger partial charge < -0.3 is 6.16 Å². The molecule has 0 aliphatic heterocycles. The summed E-state index contributed by atoms with van der Waals surface area (Å²) in [5.74, 6) is 0. The van der Waals surface area contributed by atoms with Crippen LogP contribution in [0.1, 0.15) is 22.2 Å². The van der Waals surface area contributed by atoms with E-state index >= 15 is 0 Å². The SMILES string of the molecule is COC(C)(C)C.O=S(=O)(O)O.[H-].[Na+]. The molecule has 12 heavy (non-hydrogen) atoms. The Balaban J connectivity index is -0.0000000546. The van der Waals surface area contributed by atoms with Crippen molar-refractivity contribution >= 4 is 10.4 Å². The van der Waals surface area contributed by atoms with E-state index in [-0.39, 0.29) is 36.6 Å². The van der Waals surface area contributed by atoms with E-state index in [1.165, 1.54) is 0 Å². The molecule has 7 heteroatoms. The van der Waals surface area contributed by atoms with Crippen LogP contribution in [0.5, 0.6) is 0 Å². The van der Waals surface area contributed by atoms with Crippen LogP contribution >= 0.6 is 0 Å². The first-order valence-electron chi connectivity index (χ1n) is 2.81. The molecular weight excluding hydrogens is 195 g/mol. The van der Waals surface area contributed by atoms with Gasteiger partial charge in [0.25, 0.3) is 0 Å². The molecule has 5 nitrogen and oxygen atoms in total. The second-order valence-corrected chi connectivity index (χ2v) is 3.66. The number of hydrogen-bond acceptors (Lipinski definition) is 3. The summed E-state index contributed by atoms with van der Waals surface area (Å²) >= 11 is 0. The summed E-state index contributed by atoms with van der Waals surface area (Å²) in [5.41, 5.74) is 0.0417. The summed E-state index contributed by atoms with van der Waals surface area (Å²) in [5, 5.41) is 0. The maximum Gasteiger partial charge on any atom is 1.00 e. The van der Waals surface area contributed by atoms with E-state index in [0.717, 1.165) is 0 Å². The van der Waals surface area contributed by atoms with Crippen LogP contribution < -0.4 is 29.6 Å². The van der Waals surface area contributed by atoms with Gasteiger partial charge in [0.15, 0.2) is 0 Å². The van der Waals surface area contributed by atoms with Gasteiger partial charge in [0, 0.05) is 7.11 Å². The zero-order chi connectivity index (χ0) is 9.71. The summed E-state index contributed by atoms with van der Waals surface area (Å²) in [6.07, 6.45) is 0. The van der Waals surface area contributed by atoms with Crippen molar-refractivity contribution < 1.29 is 53.2 Å². The van der Waals surface area contributed by atoms with Crippen LogP contribution in [-0.2, 0) is 15.1 Å². The second kappa shape index (κ2) is 7.25. The molecule has 0 radical (unpaired) electrons. The molecule has 0 saturated carbocycles. The van der Waals surface area contributed by atoms with Crippen LogP contribution in [0.4, 0.5) is 0 Å². The van der Waals surface area contributed by atoms with E-state index in [1.54, 1.807) is 7.11 Å². The summed E-state index contributed by atoms with van der Waals surface area (Å²) in [7, 11) is -2.96. The smallest absolute Gasteiger partial charge is 1.00 e. The van der Waals surface area contributed by atoms with E-state index in [4.69, 9.17) is 22.3 Å². The van der Waals surface area contributed by atoms with E-state index in [0.29, 0.717) is 0 Å². The van der Waals surface area contributed by atoms with Crippen molar-refractivity contribution in [1.82, 2.24) is 0 Å². The van der Waals surface area contributed by atoms with Crippen LogP contribution in [0.15, 0.2) is 0 Å². The Labute approximate surface area is 96.8 Å². The van der Waals surface area contributed by atoms with Gasteiger partial charge in [-0.3, -0.25) is 9.11 Å². The van der Waals surface area contributed by atoms with E-state index in [1.807, 2.05) is 20.8 Å². The van der Waals surface area contributed by atoms with Crippen LogP contribution in [0.2, 0.25) is 0 Å². The van der Waals surface area contributed by atoms with E-state index < -0.39 is 10.4 Å². The van der Waals surface area contributed by atoms with Gasteiger partial charge in [0.1, 0.15) is 0 Å². The molecule has 0 rings (SSSR count). The first-order valence-corrected chi connectivity index (χ1v) is 4.21. The monoisotopic (exact) mass is 210 g/mol. The van der Waals surface area contributed by atoms with Gasteiger partial charge in [0.05, 0.1) is 5.60 Å². The zero-order valence-electron chi connectivity index (χ0n) is 9.03. The molecule has 72 valence electrons. The first-order chi connectivity index (χ1) is 4.56. The van der Waals surface area contributed by atoms with Crippen LogP contribution in [0.25, 0.3) is 0 Å². The molecule has 0 spiro atoms. The minimum absolute atomic E-state index is 0. The molecule has 0 aromatic heterocycles. The third kappa shape index (κ3) is 71.3. The van der Waals surface area contributed by atoms with Crippen LogP contribution in [0, 0.1) is 0 Å². The summed E-state index contributed by atoms with van der Waals surface area (Å²) in [6, 6.07) is 0. The standard InChI is InChI=1S/C5H12O.Na.H2O4S.H/c1-5(2,3)6-4;;1-5(2,3)4;/h1-4H3;;(H2,1,2,3,4);/q;+1;;-1. The topological polar surface area (TPSA) is 83.8 Å². The minimum atomic E-state index is -4.67. The normalized spacial score (nSPS) is 10.8. The van der Waals surface area contributed by atoms with Crippen molar-refractivity contribution in [3.05, 3.63) is 0 Å². The predicted octanol–water partition coefficient (Wildman–Crippen LogP) is -2.10.